The summed E-state index contributed by atoms with van der Waals surface area (Å²) in [5, 5.41) is 3.55. The molecule has 0 unspecified atom stereocenters. The summed E-state index contributed by atoms with van der Waals surface area (Å²) in [7, 11) is 0. The lowest BCUT2D eigenvalue weighted by Crippen LogP contribution is -2.35. The maximum Gasteiger partial charge on any atom is 0.219 e. The standard InChI is InChI=1S/C20H27N5O/c1-4-15(5-2)11-22-20-17-8-10-25(14(3)26)13-18(17)23-19(24-20)16-7-6-9-21-12-16/h6-7,9,12,15H,4-5,8,10-11,13H2,1-3H3,(H,22,23,24). The Kier molecular flexibility index (Phi) is 5.81. The zero-order valence-electron chi connectivity index (χ0n) is 15.8. The summed E-state index contributed by atoms with van der Waals surface area (Å²) in [5.74, 6) is 2.28. The zero-order valence-corrected chi connectivity index (χ0v) is 15.8. The van der Waals surface area contributed by atoms with E-state index in [1.807, 2.05) is 17.0 Å². The van der Waals surface area contributed by atoms with Gasteiger partial charge < -0.3 is 10.2 Å². The van der Waals surface area contributed by atoms with Crippen molar-refractivity contribution in [3.63, 3.8) is 0 Å². The van der Waals surface area contributed by atoms with Crippen molar-refractivity contribution >= 4 is 11.7 Å². The van der Waals surface area contributed by atoms with Gasteiger partial charge in [-0.15, -0.1) is 0 Å². The number of fused-ring (bicyclic) bond motifs is 1. The molecule has 0 radical (unpaired) electrons. The molecule has 3 heterocycles. The summed E-state index contributed by atoms with van der Waals surface area (Å²) in [6, 6.07) is 3.85. The van der Waals surface area contributed by atoms with Crippen LogP contribution in [-0.2, 0) is 17.8 Å². The van der Waals surface area contributed by atoms with Crippen molar-refractivity contribution in [3.05, 3.63) is 35.8 Å². The number of pyridine rings is 1. The van der Waals surface area contributed by atoms with Crippen LogP contribution in [0.3, 0.4) is 0 Å². The van der Waals surface area contributed by atoms with Gasteiger partial charge in [0.1, 0.15) is 5.82 Å². The van der Waals surface area contributed by atoms with Crippen LogP contribution < -0.4 is 5.32 Å². The number of hydrogen-bond donors (Lipinski definition) is 1. The van der Waals surface area contributed by atoms with Crippen molar-refractivity contribution in [2.45, 2.75) is 46.6 Å². The molecule has 1 amide bonds. The van der Waals surface area contributed by atoms with Crippen LogP contribution in [0.4, 0.5) is 5.82 Å². The van der Waals surface area contributed by atoms with Crippen molar-refractivity contribution in [2.24, 2.45) is 5.92 Å². The van der Waals surface area contributed by atoms with E-state index in [1.54, 1.807) is 19.3 Å². The second-order valence-electron chi connectivity index (χ2n) is 6.82. The molecule has 0 saturated heterocycles. The molecule has 1 N–H and O–H groups in total. The molecule has 138 valence electrons. The molecule has 2 aromatic heterocycles. The normalized spacial score (nSPS) is 13.6. The lowest BCUT2D eigenvalue weighted by atomic mass is 10.0. The first-order valence-electron chi connectivity index (χ1n) is 9.41. The molecule has 0 bridgehead atoms. The molecule has 0 fully saturated rings. The van der Waals surface area contributed by atoms with E-state index < -0.39 is 0 Å². The van der Waals surface area contributed by atoms with Gasteiger partial charge in [0.05, 0.1) is 12.2 Å². The molecule has 0 aliphatic carbocycles. The zero-order chi connectivity index (χ0) is 18.5. The van der Waals surface area contributed by atoms with E-state index in [1.165, 1.54) is 0 Å². The van der Waals surface area contributed by atoms with Crippen LogP contribution in [0, 0.1) is 5.92 Å². The van der Waals surface area contributed by atoms with Crippen LogP contribution in [-0.4, -0.2) is 38.8 Å². The number of nitrogens with one attached hydrogen (secondary N) is 1. The van der Waals surface area contributed by atoms with Gasteiger partial charge in [0, 0.05) is 43.5 Å². The molecule has 0 saturated carbocycles. The number of hydrogen-bond acceptors (Lipinski definition) is 5. The van der Waals surface area contributed by atoms with Gasteiger partial charge in [0.15, 0.2) is 5.82 Å². The van der Waals surface area contributed by atoms with Crippen LogP contribution in [0.2, 0.25) is 0 Å². The van der Waals surface area contributed by atoms with Gasteiger partial charge in [-0.05, 0) is 24.5 Å². The van der Waals surface area contributed by atoms with Crippen LogP contribution in [0.15, 0.2) is 24.5 Å². The Morgan fingerprint density at radius 1 is 1.31 bits per heavy atom. The molecular formula is C20H27N5O. The van der Waals surface area contributed by atoms with Crippen molar-refractivity contribution < 1.29 is 4.79 Å². The van der Waals surface area contributed by atoms with Gasteiger partial charge in [-0.3, -0.25) is 9.78 Å². The SMILES string of the molecule is CCC(CC)CNc1nc(-c2cccnc2)nc2c1CCN(C(C)=O)C2. The van der Waals surface area contributed by atoms with E-state index in [-0.39, 0.29) is 5.91 Å². The maximum atomic E-state index is 11.8. The van der Waals surface area contributed by atoms with Gasteiger partial charge in [0.2, 0.25) is 5.91 Å². The summed E-state index contributed by atoms with van der Waals surface area (Å²) < 4.78 is 0. The first kappa shape index (κ1) is 18.3. The Bertz CT molecular complexity index is 758. The predicted octanol–water partition coefficient (Wildman–Crippen LogP) is 3.29. The largest absolute Gasteiger partial charge is 0.369 e. The van der Waals surface area contributed by atoms with E-state index in [4.69, 9.17) is 9.97 Å². The highest BCUT2D eigenvalue weighted by molar-refractivity contribution is 5.74. The Balaban J connectivity index is 1.96. The van der Waals surface area contributed by atoms with Crippen LogP contribution in [0.25, 0.3) is 11.4 Å². The highest BCUT2D eigenvalue weighted by Crippen LogP contribution is 2.27. The van der Waals surface area contributed by atoms with E-state index >= 15 is 0 Å². The van der Waals surface area contributed by atoms with Crippen molar-refractivity contribution in [1.29, 1.82) is 0 Å². The highest BCUT2D eigenvalue weighted by Gasteiger charge is 2.24. The number of rotatable bonds is 6. The lowest BCUT2D eigenvalue weighted by Gasteiger charge is -2.29. The fourth-order valence-corrected chi connectivity index (χ4v) is 3.29. The molecule has 2 aromatic rings. The molecule has 1 aliphatic heterocycles. The van der Waals surface area contributed by atoms with Crippen molar-refractivity contribution in [2.75, 3.05) is 18.4 Å². The van der Waals surface area contributed by atoms with Gasteiger partial charge >= 0.3 is 0 Å². The highest BCUT2D eigenvalue weighted by atomic mass is 16.2. The predicted molar refractivity (Wildman–Crippen MR) is 103 cm³/mol. The number of aromatic nitrogens is 3. The number of anilines is 1. The molecule has 0 spiro atoms. The summed E-state index contributed by atoms with van der Waals surface area (Å²) in [4.78, 5) is 27.4. The second kappa shape index (κ2) is 8.25. The van der Waals surface area contributed by atoms with Crippen LogP contribution in [0.5, 0.6) is 0 Å². The van der Waals surface area contributed by atoms with Gasteiger partial charge in [-0.25, -0.2) is 9.97 Å². The number of carbonyl (C=O) groups excluding carboxylic acids is 1. The third kappa shape index (κ3) is 4.00. The Morgan fingerprint density at radius 2 is 2.12 bits per heavy atom. The Morgan fingerprint density at radius 3 is 2.77 bits per heavy atom. The summed E-state index contributed by atoms with van der Waals surface area (Å²) >= 11 is 0. The molecule has 26 heavy (non-hydrogen) atoms. The minimum Gasteiger partial charge on any atom is -0.369 e. The molecule has 0 aromatic carbocycles. The van der Waals surface area contributed by atoms with E-state index in [0.29, 0.717) is 18.3 Å². The minimum absolute atomic E-state index is 0.0868. The lowest BCUT2D eigenvalue weighted by molar-refractivity contribution is -0.129. The van der Waals surface area contributed by atoms with Crippen molar-refractivity contribution in [3.8, 4) is 11.4 Å². The second-order valence-corrected chi connectivity index (χ2v) is 6.82. The van der Waals surface area contributed by atoms with E-state index in [0.717, 1.165) is 55.0 Å². The number of carbonyl (C=O) groups is 1. The Labute approximate surface area is 155 Å². The first-order chi connectivity index (χ1) is 12.6. The number of amides is 1. The third-order valence-electron chi connectivity index (χ3n) is 5.14. The molecule has 3 rings (SSSR count). The van der Waals surface area contributed by atoms with Crippen LogP contribution in [0.1, 0.15) is 44.9 Å². The molecule has 1 aliphatic rings. The van der Waals surface area contributed by atoms with Gasteiger partial charge in [-0.2, -0.15) is 0 Å². The topological polar surface area (TPSA) is 71.0 Å². The maximum absolute atomic E-state index is 11.8. The average Bonchev–Trinajstić information content (AvgIpc) is 2.68. The van der Waals surface area contributed by atoms with Gasteiger partial charge in [-0.1, -0.05) is 26.7 Å². The minimum atomic E-state index is 0.0868. The third-order valence-corrected chi connectivity index (χ3v) is 5.14. The molecule has 6 nitrogen and oxygen atoms in total. The quantitative estimate of drug-likeness (QED) is 0.863. The smallest absolute Gasteiger partial charge is 0.219 e. The van der Waals surface area contributed by atoms with Crippen molar-refractivity contribution in [1.82, 2.24) is 19.9 Å². The fraction of sp³-hybridized carbons (Fsp3) is 0.500. The summed E-state index contributed by atoms with van der Waals surface area (Å²) in [6.07, 6.45) is 6.59. The summed E-state index contributed by atoms with van der Waals surface area (Å²) in [6.45, 7) is 8.21. The molecular weight excluding hydrogens is 326 g/mol. The Hall–Kier alpha value is -2.50. The summed E-state index contributed by atoms with van der Waals surface area (Å²) in [5.41, 5.74) is 2.97. The van der Waals surface area contributed by atoms with Crippen LogP contribution >= 0.6 is 0 Å². The van der Waals surface area contributed by atoms with E-state index in [9.17, 15) is 4.79 Å². The number of nitrogens with zero attached hydrogens (tertiary/aromatic N) is 4. The monoisotopic (exact) mass is 353 g/mol. The van der Waals surface area contributed by atoms with E-state index in [2.05, 4.69) is 24.1 Å². The molecule has 6 heteroatoms. The average molecular weight is 353 g/mol. The molecule has 0 atom stereocenters. The first-order valence-corrected chi connectivity index (χ1v) is 9.41. The van der Waals surface area contributed by atoms with Gasteiger partial charge in [0.25, 0.3) is 0 Å². The fourth-order valence-electron chi connectivity index (χ4n) is 3.29.